The zero-order valence-electron chi connectivity index (χ0n) is 21.9. The molecule has 0 radical (unpaired) electrons. The molecular formula is C28H39F3N2O2S2. The van der Waals surface area contributed by atoms with Gasteiger partial charge in [-0.2, -0.15) is 37.6 Å². The number of unbranched alkanes of at least 4 members (excludes halogenated alkanes) is 6. The van der Waals surface area contributed by atoms with E-state index in [0.29, 0.717) is 11.5 Å². The van der Waals surface area contributed by atoms with E-state index in [4.69, 9.17) is 4.74 Å². The molecule has 0 amide bonds. The molecule has 0 spiro atoms. The summed E-state index contributed by atoms with van der Waals surface area (Å²) in [5.41, 5.74) is 1.38. The molecule has 9 heteroatoms. The summed E-state index contributed by atoms with van der Waals surface area (Å²) in [4.78, 5) is 14.5. The third kappa shape index (κ3) is 7.96. The summed E-state index contributed by atoms with van der Waals surface area (Å²) in [5, 5.41) is 0.697. The first-order valence-corrected chi connectivity index (χ1v) is 15.1. The summed E-state index contributed by atoms with van der Waals surface area (Å²) >= 11 is 6.08. The smallest absolute Gasteiger partial charge is 0.380 e. The standard InChI is InChI=1S/C28H39F3N2O2S2/c1-3-23-20(2)26-24(12-11-22-27(26)21(28(29,30)31)19-25(34)32-22)33(23)13-9-7-5-4-6-8-10-17-37-18-15-35-14-16-36/h11-12,19,36H,3-10,13-18H2,1-2H3,(H,32,34). The van der Waals surface area contributed by atoms with E-state index < -0.39 is 17.3 Å². The average molecular weight is 557 g/mol. The second-order valence-electron chi connectivity index (χ2n) is 9.43. The highest BCUT2D eigenvalue weighted by Gasteiger charge is 2.34. The molecule has 4 nitrogen and oxygen atoms in total. The molecule has 0 aliphatic rings. The van der Waals surface area contributed by atoms with Gasteiger partial charge in [0.1, 0.15) is 0 Å². The zero-order chi connectivity index (χ0) is 26.8. The molecule has 0 atom stereocenters. The number of fused-ring (bicyclic) bond motifs is 3. The predicted octanol–water partition coefficient (Wildman–Crippen LogP) is 7.78. The summed E-state index contributed by atoms with van der Waals surface area (Å²) in [5.74, 6) is 3.00. The summed E-state index contributed by atoms with van der Waals surface area (Å²) in [6.07, 6.45) is 4.37. The summed E-state index contributed by atoms with van der Waals surface area (Å²) in [7, 11) is 0. The van der Waals surface area contributed by atoms with Gasteiger partial charge in [-0.25, -0.2) is 0 Å². The normalized spacial score (nSPS) is 12.3. The minimum atomic E-state index is -4.60. The molecule has 2 heterocycles. The van der Waals surface area contributed by atoms with E-state index in [9.17, 15) is 18.0 Å². The van der Waals surface area contributed by atoms with Crippen LogP contribution in [0.4, 0.5) is 13.2 Å². The fraction of sp³-hybridized carbons (Fsp3) is 0.607. The van der Waals surface area contributed by atoms with Crippen molar-refractivity contribution < 1.29 is 17.9 Å². The average Bonchev–Trinajstić information content (AvgIpc) is 3.13. The first-order chi connectivity index (χ1) is 17.8. The van der Waals surface area contributed by atoms with Crippen LogP contribution in [0.3, 0.4) is 0 Å². The van der Waals surface area contributed by atoms with Crippen LogP contribution in [0, 0.1) is 6.92 Å². The number of ether oxygens (including phenoxy) is 1. The van der Waals surface area contributed by atoms with Gasteiger partial charge in [0.05, 0.1) is 18.8 Å². The fourth-order valence-electron chi connectivity index (χ4n) is 5.12. The van der Waals surface area contributed by atoms with Gasteiger partial charge in [0.15, 0.2) is 0 Å². The summed E-state index contributed by atoms with van der Waals surface area (Å²) < 4.78 is 49.2. The Balaban J connectivity index is 1.56. The molecule has 206 valence electrons. The SMILES string of the molecule is CCc1c(C)c2c3c(C(F)(F)F)cc(=O)[nH]c3ccc2n1CCCCCCCCCSCCOCCS. The quantitative estimate of drug-likeness (QED) is 0.140. The first kappa shape index (κ1) is 30.0. The Morgan fingerprint density at radius 2 is 1.70 bits per heavy atom. The highest BCUT2D eigenvalue weighted by Crippen LogP contribution is 2.39. The van der Waals surface area contributed by atoms with Gasteiger partial charge in [-0.1, -0.05) is 39.0 Å². The Kier molecular flexibility index (Phi) is 11.8. The zero-order valence-corrected chi connectivity index (χ0v) is 23.6. The highest BCUT2D eigenvalue weighted by atomic mass is 32.2. The van der Waals surface area contributed by atoms with E-state index >= 15 is 0 Å². The van der Waals surface area contributed by atoms with Gasteiger partial charge in [0.25, 0.3) is 0 Å². The molecule has 0 bridgehead atoms. The number of aromatic amines is 1. The fourth-order valence-corrected chi connectivity index (χ4v) is 6.10. The molecule has 1 N–H and O–H groups in total. The number of alkyl halides is 3. The lowest BCUT2D eigenvalue weighted by molar-refractivity contribution is -0.136. The van der Waals surface area contributed by atoms with Gasteiger partial charge in [-0.05, 0) is 49.6 Å². The minimum absolute atomic E-state index is 0.0962. The Morgan fingerprint density at radius 1 is 1.00 bits per heavy atom. The van der Waals surface area contributed by atoms with E-state index in [2.05, 4.69) is 22.2 Å². The Bertz CT molecular complexity index is 1200. The maximum absolute atomic E-state index is 13.9. The third-order valence-electron chi connectivity index (χ3n) is 6.83. The molecule has 2 aromatic heterocycles. The monoisotopic (exact) mass is 556 g/mol. The molecule has 37 heavy (non-hydrogen) atoms. The van der Waals surface area contributed by atoms with E-state index in [-0.39, 0.29) is 10.9 Å². The molecule has 3 aromatic rings. The number of thioether (sulfide) groups is 1. The van der Waals surface area contributed by atoms with Crippen LogP contribution >= 0.6 is 24.4 Å². The molecule has 3 rings (SSSR count). The molecular weight excluding hydrogens is 517 g/mol. The maximum atomic E-state index is 13.9. The van der Waals surface area contributed by atoms with Crippen molar-refractivity contribution in [1.82, 2.24) is 9.55 Å². The van der Waals surface area contributed by atoms with Crippen molar-refractivity contribution in [2.24, 2.45) is 0 Å². The number of halogens is 3. The van der Waals surface area contributed by atoms with Crippen LogP contribution in [-0.4, -0.2) is 40.0 Å². The van der Waals surface area contributed by atoms with Crippen molar-refractivity contribution in [3.8, 4) is 0 Å². The first-order valence-electron chi connectivity index (χ1n) is 13.3. The molecule has 0 saturated heterocycles. The van der Waals surface area contributed by atoms with Crippen molar-refractivity contribution >= 4 is 46.2 Å². The minimum Gasteiger partial charge on any atom is -0.380 e. The number of hydrogen-bond acceptors (Lipinski definition) is 4. The summed E-state index contributed by atoms with van der Waals surface area (Å²) in [6.45, 7) is 6.26. The van der Waals surface area contributed by atoms with Crippen molar-refractivity contribution in [2.45, 2.75) is 77.9 Å². The molecule has 0 fully saturated rings. The number of aromatic nitrogens is 2. The molecule has 0 saturated carbocycles. The Hall–Kier alpha value is -1.58. The second kappa shape index (κ2) is 14.5. The van der Waals surface area contributed by atoms with Gasteiger partial charge in [-0.15, -0.1) is 0 Å². The second-order valence-corrected chi connectivity index (χ2v) is 11.1. The summed E-state index contributed by atoms with van der Waals surface area (Å²) in [6, 6.07) is 4.14. The van der Waals surface area contributed by atoms with E-state index in [0.717, 1.165) is 67.3 Å². The number of aryl methyl sites for hydroxylation is 2. The van der Waals surface area contributed by atoms with Crippen LogP contribution < -0.4 is 5.56 Å². The number of nitrogens with zero attached hydrogens (tertiary/aromatic N) is 1. The van der Waals surface area contributed by atoms with Gasteiger partial charge >= 0.3 is 6.18 Å². The van der Waals surface area contributed by atoms with Gasteiger partial charge < -0.3 is 14.3 Å². The van der Waals surface area contributed by atoms with Crippen LogP contribution in [0.1, 0.15) is 68.7 Å². The number of rotatable bonds is 16. The number of hydrogen-bond donors (Lipinski definition) is 2. The van der Waals surface area contributed by atoms with Crippen molar-refractivity contribution in [3.63, 3.8) is 0 Å². The van der Waals surface area contributed by atoms with Gasteiger partial charge in [-0.3, -0.25) is 4.79 Å². The van der Waals surface area contributed by atoms with E-state index in [1.807, 2.05) is 31.7 Å². The number of H-pyrrole nitrogens is 1. The lowest BCUT2D eigenvalue weighted by Gasteiger charge is -2.12. The number of nitrogens with one attached hydrogen (secondary N) is 1. The molecule has 0 unspecified atom stereocenters. The molecule has 0 aliphatic carbocycles. The lowest BCUT2D eigenvalue weighted by atomic mass is 10.0. The van der Waals surface area contributed by atoms with Crippen molar-refractivity contribution in [2.75, 3.05) is 30.5 Å². The van der Waals surface area contributed by atoms with Gasteiger partial charge in [0, 0.05) is 51.6 Å². The number of benzene rings is 1. The van der Waals surface area contributed by atoms with Crippen LogP contribution in [0.5, 0.6) is 0 Å². The van der Waals surface area contributed by atoms with Crippen molar-refractivity contribution in [3.05, 3.63) is 45.4 Å². The Morgan fingerprint density at radius 3 is 2.38 bits per heavy atom. The predicted molar refractivity (Wildman–Crippen MR) is 153 cm³/mol. The van der Waals surface area contributed by atoms with Crippen LogP contribution in [0.15, 0.2) is 23.0 Å². The van der Waals surface area contributed by atoms with Gasteiger partial charge in [0.2, 0.25) is 5.56 Å². The highest BCUT2D eigenvalue weighted by molar-refractivity contribution is 7.99. The molecule has 1 aromatic carbocycles. The van der Waals surface area contributed by atoms with Crippen molar-refractivity contribution in [1.29, 1.82) is 0 Å². The lowest BCUT2D eigenvalue weighted by Crippen LogP contribution is -2.14. The number of thiol groups is 1. The van der Waals surface area contributed by atoms with Crippen LogP contribution in [0.25, 0.3) is 21.8 Å². The largest absolute Gasteiger partial charge is 0.417 e. The van der Waals surface area contributed by atoms with Crippen LogP contribution in [-0.2, 0) is 23.9 Å². The van der Waals surface area contributed by atoms with Crippen LogP contribution in [0.2, 0.25) is 0 Å². The number of pyridine rings is 1. The Labute approximate surface area is 227 Å². The van der Waals surface area contributed by atoms with E-state index in [1.165, 1.54) is 37.9 Å². The molecule has 0 aliphatic heterocycles. The maximum Gasteiger partial charge on any atom is 0.417 e. The topological polar surface area (TPSA) is 47.0 Å². The third-order valence-corrected chi connectivity index (χ3v) is 8.04. The van der Waals surface area contributed by atoms with E-state index in [1.54, 1.807) is 6.07 Å².